The number of nitrogens with one attached hydrogen (secondary N) is 1. The molecule has 6 heteroatoms. The van der Waals surface area contributed by atoms with Gasteiger partial charge in [-0.05, 0) is 37.1 Å². The molecule has 0 unspecified atom stereocenters. The molecule has 2 N–H and O–H groups in total. The zero-order valence-corrected chi connectivity index (χ0v) is 12.0. The fraction of sp³-hybridized carbons (Fsp3) is 0.267. The minimum Gasteiger partial charge on any atom is -0.481 e. The molecule has 2 aromatic rings. The standard InChI is InChI=1S/C15H14N2O3S/c18-13(19)7-12-8-21-15(17-12)10-3-5-11(6-4-10)16-14(20)9-1-2-9/h3-6,8-9H,1-2,7H2,(H,16,20)(H,18,19). The SMILES string of the molecule is O=C(O)Cc1csc(-c2ccc(NC(=O)C3CC3)cc2)n1. The molecule has 3 rings (SSSR count). The maximum atomic E-state index is 11.7. The van der Waals surface area contributed by atoms with Crippen LogP contribution in [0.2, 0.25) is 0 Å². The zero-order valence-electron chi connectivity index (χ0n) is 11.2. The van der Waals surface area contributed by atoms with E-state index in [4.69, 9.17) is 5.11 Å². The summed E-state index contributed by atoms with van der Waals surface area (Å²) < 4.78 is 0. The van der Waals surface area contributed by atoms with Crippen molar-refractivity contribution in [2.75, 3.05) is 5.32 Å². The number of benzene rings is 1. The topological polar surface area (TPSA) is 79.3 Å². The van der Waals surface area contributed by atoms with E-state index in [1.807, 2.05) is 24.3 Å². The van der Waals surface area contributed by atoms with Gasteiger partial charge < -0.3 is 10.4 Å². The molecule has 1 fully saturated rings. The number of rotatable bonds is 5. The van der Waals surface area contributed by atoms with Gasteiger partial charge in [-0.25, -0.2) is 4.98 Å². The first-order chi connectivity index (χ1) is 10.1. The van der Waals surface area contributed by atoms with Crippen LogP contribution in [0.15, 0.2) is 29.6 Å². The van der Waals surface area contributed by atoms with Gasteiger partial charge in [-0.15, -0.1) is 11.3 Å². The Kier molecular flexibility index (Phi) is 3.70. The molecule has 0 radical (unpaired) electrons. The molecule has 0 spiro atoms. The molecule has 108 valence electrons. The average Bonchev–Trinajstić information content (AvgIpc) is 3.20. The van der Waals surface area contributed by atoms with Crippen molar-refractivity contribution < 1.29 is 14.7 Å². The van der Waals surface area contributed by atoms with Crippen LogP contribution >= 0.6 is 11.3 Å². The van der Waals surface area contributed by atoms with E-state index in [9.17, 15) is 9.59 Å². The van der Waals surface area contributed by atoms with E-state index in [1.165, 1.54) is 11.3 Å². The molecule has 1 heterocycles. The minimum atomic E-state index is -0.884. The van der Waals surface area contributed by atoms with Gasteiger partial charge in [0.1, 0.15) is 5.01 Å². The first kappa shape index (κ1) is 13.8. The van der Waals surface area contributed by atoms with Crippen molar-refractivity contribution in [3.8, 4) is 10.6 Å². The van der Waals surface area contributed by atoms with E-state index in [1.54, 1.807) is 5.38 Å². The summed E-state index contributed by atoms with van der Waals surface area (Å²) in [4.78, 5) is 26.6. The predicted molar refractivity (Wildman–Crippen MR) is 80.2 cm³/mol. The van der Waals surface area contributed by atoms with Crippen molar-refractivity contribution in [1.82, 2.24) is 4.98 Å². The minimum absolute atomic E-state index is 0.0635. The molecule has 1 aromatic carbocycles. The van der Waals surface area contributed by atoms with Crippen molar-refractivity contribution in [1.29, 1.82) is 0 Å². The Balaban J connectivity index is 1.69. The number of carboxylic acid groups (broad SMARTS) is 1. The monoisotopic (exact) mass is 302 g/mol. The Morgan fingerprint density at radius 3 is 2.62 bits per heavy atom. The summed E-state index contributed by atoms with van der Waals surface area (Å²) in [6, 6.07) is 7.44. The van der Waals surface area contributed by atoms with Gasteiger partial charge in [-0.1, -0.05) is 0 Å². The fourth-order valence-electron chi connectivity index (χ4n) is 1.96. The molecule has 1 saturated carbocycles. The van der Waals surface area contributed by atoms with Crippen LogP contribution in [0.25, 0.3) is 10.6 Å². The third-order valence-corrected chi connectivity index (χ3v) is 4.17. The van der Waals surface area contributed by atoms with Gasteiger partial charge in [-0.3, -0.25) is 9.59 Å². The summed E-state index contributed by atoms with van der Waals surface area (Å²) in [5.74, 6) is -0.618. The van der Waals surface area contributed by atoms with Crippen LogP contribution in [-0.4, -0.2) is 22.0 Å². The summed E-state index contributed by atoms with van der Waals surface area (Å²) in [6.45, 7) is 0. The molecule has 0 saturated heterocycles. The lowest BCUT2D eigenvalue weighted by Crippen LogP contribution is -2.12. The first-order valence-corrected chi connectivity index (χ1v) is 7.57. The molecule has 1 aliphatic rings. The molecule has 5 nitrogen and oxygen atoms in total. The number of thiazole rings is 1. The lowest BCUT2D eigenvalue weighted by atomic mass is 10.2. The van der Waals surface area contributed by atoms with Crippen molar-refractivity contribution in [2.45, 2.75) is 19.3 Å². The maximum absolute atomic E-state index is 11.7. The summed E-state index contributed by atoms with van der Waals surface area (Å²) in [5, 5.41) is 14.2. The van der Waals surface area contributed by atoms with Gasteiger partial charge in [0.05, 0.1) is 12.1 Å². The number of carbonyl (C=O) groups is 2. The van der Waals surface area contributed by atoms with E-state index in [0.717, 1.165) is 29.1 Å². The summed E-state index contributed by atoms with van der Waals surface area (Å²) >= 11 is 1.42. The van der Waals surface area contributed by atoms with Gasteiger partial charge in [0, 0.05) is 22.5 Å². The second-order valence-electron chi connectivity index (χ2n) is 5.06. The van der Waals surface area contributed by atoms with Crippen LogP contribution in [0.4, 0.5) is 5.69 Å². The Morgan fingerprint density at radius 2 is 2.00 bits per heavy atom. The number of aromatic nitrogens is 1. The number of hydrogen-bond donors (Lipinski definition) is 2. The fourth-order valence-corrected chi connectivity index (χ4v) is 2.79. The Morgan fingerprint density at radius 1 is 1.29 bits per heavy atom. The van der Waals surface area contributed by atoms with Crippen molar-refractivity contribution in [2.24, 2.45) is 5.92 Å². The summed E-state index contributed by atoms with van der Waals surface area (Å²) in [5.41, 5.74) is 2.26. The highest BCUT2D eigenvalue weighted by molar-refractivity contribution is 7.13. The Hall–Kier alpha value is -2.21. The molecule has 0 aliphatic heterocycles. The molecule has 1 amide bonds. The van der Waals surface area contributed by atoms with Crippen molar-refractivity contribution in [3.05, 3.63) is 35.3 Å². The van der Waals surface area contributed by atoms with Gasteiger partial charge >= 0.3 is 5.97 Å². The molecule has 1 aromatic heterocycles. The van der Waals surface area contributed by atoms with Gasteiger partial charge in [0.25, 0.3) is 0 Å². The van der Waals surface area contributed by atoms with E-state index < -0.39 is 5.97 Å². The second-order valence-corrected chi connectivity index (χ2v) is 5.91. The Bertz CT molecular complexity index is 674. The van der Waals surface area contributed by atoms with Crippen molar-refractivity contribution >= 4 is 28.9 Å². The molecule has 0 atom stereocenters. The predicted octanol–water partition coefficient (Wildman–Crippen LogP) is 2.79. The molecule has 0 bridgehead atoms. The molecular formula is C15H14N2O3S. The van der Waals surface area contributed by atoms with Crippen molar-refractivity contribution in [3.63, 3.8) is 0 Å². The highest BCUT2D eigenvalue weighted by Gasteiger charge is 2.29. The van der Waals surface area contributed by atoms with E-state index in [2.05, 4.69) is 10.3 Å². The average molecular weight is 302 g/mol. The van der Waals surface area contributed by atoms with E-state index in [0.29, 0.717) is 5.69 Å². The summed E-state index contributed by atoms with van der Waals surface area (Å²) in [6.07, 6.45) is 1.90. The second kappa shape index (κ2) is 5.65. The smallest absolute Gasteiger partial charge is 0.309 e. The normalized spacial score (nSPS) is 13.9. The van der Waals surface area contributed by atoms with E-state index in [-0.39, 0.29) is 18.2 Å². The number of aliphatic carboxylic acids is 1. The third kappa shape index (κ3) is 3.46. The lowest BCUT2D eigenvalue weighted by Gasteiger charge is -2.04. The van der Waals surface area contributed by atoms with Gasteiger partial charge in [0.15, 0.2) is 0 Å². The van der Waals surface area contributed by atoms with Gasteiger partial charge in [-0.2, -0.15) is 0 Å². The number of hydrogen-bond acceptors (Lipinski definition) is 4. The van der Waals surface area contributed by atoms with Crippen LogP contribution in [-0.2, 0) is 16.0 Å². The van der Waals surface area contributed by atoms with Crippen LogP contribution in [0.1, 0.15) is 18.5 Å². The molecule has 21 heavy (non-hydrogen) atoms. The van der Waals surface area contributed by atoms with Gasteiger partial charge in [0.2, 0.25) is 5.91 Å². The van der Waals surface area contributed by atoms with Crippen LogP contribution < -0.4 is 5.32 Å². The number of amides is 1. The highest BCUT2D eigenvalue weighted by atomic mass is 32.1. The van der Waals surface area contributed by atoms with E-state index >= 15 is 0 Å². The highest BCUT2D eigenvalue weighted by Crippen LogP contribution is 2.30. The Labute approximate surface area is 125 Å². The van der Waals surface area contributed by atoms with Crippen LogP contribution in [0.5, 0.6) is 0 Å². The molecular weight excluding hydrogens is 288 g/mol. The zero-order chi connectivity index (χ0) is 14.8. The number of anilines is 1. The summed E-state index contributed by atoms with van der Waals surface area (Å²) in [7, 11) is 0. The first-order valence-electron chi connectivity index (χ1n) is 6.69. The number of carboxylic acids is 1. The lowest BCUT2D eigenvalue weighted by molar-refractivity contribution is -0.136. The van der Waals surface area contributed by atoms with Crippen LogP contribution in [0, 0.1) is 5.92 Å². The van der Waals surface area contributed by atoms with Crippen LogP contribution in [0.3, 0.4) is 0 Å². The largest absolute Gasteiger partial charge is 0.481 e. The molecule has 1 aliphatic carbocycles. The number of carbonyl (C=O) groups excluding carboxylic acids is 1. The quantitative estimate of drug-likeness (QED) is 0.890. The third-order valence-electron chi connectivity index (χ3n) is 3.23. The number of nitrogens with zero attached hydrogens (tertiary/aromatic N) is 1. The maximum Gasteiger partial charge on any atom is 0.309 e.